The molecule has 0 radical (unpaired) electrons. The van der Waals surface area contributed by atoms with E-state index in [-0.39, 0.29) is 51.0 Å². The SMILES string of the molecule is COc1cc(-c2[o+]c3cc(O)cc(O)c3cc2O[C@@H]2OC(CO[C@@H]3OC(CO)[C@@H](O)C(O)C3O)[C@H](O)C(O)C2O)cc(OC)c1O. The van der Waals surface area contributed by atoms with E-state index in [1.54, 1.807) is 0 Å². The van der Waals surface area contributed by atoms with Crippen LogP contribution in [0.25, 0.3) is 22.3 Å². The molecule has 6 unspecified atom stereocenters. The molecular formula is C29H35O17+. The Morgan fingerprint density at radius 3 is 1.89 bits per heavy atom. The van der Waals surface area contributed by atoms with Crippen molar-refractivity contribution in [3.05, 3.63) is 30.3 Å². The summed E-state index contributed by atoms with van der Waals surface area (Å²) >= 11 is 0. The van der Waals surface area contributed by atoms with E-state index in [1.807, 2.05) is 0 Å². The number of aliphatic hydroxyl groups is 7. The van der Waals surface area contributed by atoms with Crippen molar-refractivity contribution in [1.29, 1.82) is 0 Å². The van der Waals surface area contributed by atoms with Crippen LogP contribution in [0.4, 0.5) is 0 Å². The first kappa shape index (κ1) is 33.6. The smallest absolute Gasteiger partial charge is 0.402 e. The minimum atomic E-state index is -1.86. The Labute approximate surface area is 260 Å². The molecule has 5 rings (SSSR count). The van der Waals surface area contributed by atoms with Crippen LogP contribution in [-0.2, 0) is 14.2 Å². The second kappa shape index (κ2) is 13.5. The number of fused-ring (bicyclic) bond motifs is 1. The maximum absolute atomic E-state index is 10.8. The molecule has 0 amide bonds. The summed E-state index contributed by atoms with van der Waals surface area (Å²) < 4.78 is 38.9. The standard InChI is InChI=1S/C29H34O17/c1-40-15-3-10(4-16(41-2)20(15)33)27-17(7-12-13(32)5-11(31)6-14(12)43-27)44-29-26(39)24(37)22(35)19(46-29)9-42-28-25(38)23(36)21(34)18(8-30)45-28/h3-7,18-19,21-26,28-30,34-39H,8-9H2,1-2H3,(H2-,31,32,33)/p+1/t18?,19?,21-,22+,23?,24?,25?,26?,28-,29-/m1/s1. The zero-order chi connectivity index (χ0) is 33.4. The lowest BCUT2D eigenvalue weighted by Crippen LogP contribution is -2.62. The number of phenols is 3. The summed E-state index contributed by atoms with van der Waals surface area (Å²) in [5.74, 6) is -1.37. The normalized spacial score (nSPS) is 31.5. The summed E-state index contributed by atoms with van der Waals surface area (Å²) in [6.45, 7) is -1.31. The molecule has 17 heteroatoms. The average molecular weight is 656 g/mol. The highest BCUT2D eigenvalue weighted by Crippen LogP contribution is 2.45. The molecule has 2 saturated heterocycles. The van der Waals surface area contributed by atoms with Crippen LogP contribution < -0.4 is 14.2 Å². The van der Waals surface area contributed by atoms with E-state index in [9.17, 15) is 51.1 Å². The lowest BCUT2D eigenvalue weighted by Gasteiger charge is -2.42. The molecule has 0 saturated carbocycles. The Morgan fingerprint density at radius 1 is 0.696 bits per heavy atom. The van der Waals surface area contributed by atoms with E-state index in [2.05, 4.69) is 0 Å². The molecule has 2 aliphatic heterocycles. The number of phenolic OH excluding ortho intramolecular Hbond substituents is 3. The molecule has 3 heterocycles. The van der Waals surface area contributed by atoms with Crippen molar-refractivity contribution >= 4 is 11.0 Å². The minimum absolute atomic E-state index is 0.00256. The van der Waals surface area contributed by atoms with Gasteiger partial charge in [0.1, 0.15) is 65.7 Å². The van der Waals surface area contributed by atoms with Gasteiger partial charge in [0.05, 0.1) is 39.1 Å². The highest BCUT2D eigenvalue weighted by Gasteiger charge is 2.48. The van der Waals surface area contributed by atoms with E-state index >= 15 is 0 Å². The quantitative estimate of drug-likeness (QED) is 0.118. The Balaban J connectivity index is 1.47. The molecule has 46 heavy (non-hydrogen) atoms. The number of ether oxygens (including phenoxy) is 6. The molecular weight excluding hydrogens is 620 g/mol. The van der Waals surface area contributed by atoms with Gasteiger partial charge >= 0.3 is 11.3 Å². The number of rotatable bonds is 9. The van der Waals surface area contributed by atoms with Gasteiger partial charge in [0, 0.05) is 24.3 Å². The van der Waals surface area contributed by atoms with Crippen molar-refractivity contribution in [2.75, 3.05) is 27.4 Å². The monoisotopic (exact) mass is 655 g/mol. The maximum Gasteiger partial charge on any atom is 0.402 e. The molecule has 0 aliphatic carbocycles. The van der Waals surface area contributed by atoms with Gasteiger partial charge in [0.2, 0.25) is 17.8 Å². The van der Waals surface area contributed by atoms with Crippen LogP contribution in [0.2, 0.25) is 0 Å². The van der Waals surface area contributed by atoms with Gasteiger partial charge in [0.15, 0.2) is 17.8 Å². The molecule has 10 N–H and O–H groups in total. The third kappa shape index (κ3) is 6.29. The first-order valence-electron chi connectivity index (χ1n) is 13.9. The fraction of sp³-hybridized carbons (Fsp3) is 0.483. The maximum atomic E-state index is 10.8. The fourth-order valence-corrected chi connectivity index (χ4v) is 5.17. The first-order valence-corrected chi connectivity index (χ1v) is 13.9. The second-order valence-corrected chi connectivity index (χ2v) is 10.7. The van der Waals surface area contributed by atoms with Crippen molar-refractivity contribution in [1.82, 2.24) is 0 Å². The van der Waals surface area contributed by atoms with Gasteiger partial charge < -0.3 is 79.5 Å². The van der Waals surface area contributed by atoms with Crippen LogP contribution in [0.3, 0.4) is 0 Å². The molecule has 0 bridgehead atoms. The third-order valence-corrected chi connectivity index (χ3v) is 7.74. The topological polar surface area (TPSA) is 269 Å². The number of hydrogen-bond donors (Lipinski definition) is 10. The summed E-state index contributed by atoms with van der Waals surface area (Å²) in [5, 5.41) is 103. The predicted octanol–water partition coefficient (Wildman–Crippen LogP) is -1.48. The van der Waals surface area contributed by atoms with Crippen molar-refractivity contribution in [3.8, 4) is 45.8 Å². The van der Waals surface area contributed by atoms with Gasteiger partial charge in [-0.25, -0.2) is 4.42 Å². The van der Waals surface area contributed by atoms with E-state index < -0.39 is 80.4 Å². The van der Waals surface area contributed by atoms with Crippen LogP contribution >= 0.6 is 0 Å². The van der Waals surface area contributed by atoms with Crippen LogP contribution in [0.1, 0.15) is 0 Å². The molecule has 2 aromatic carbocycles. The highest BCUT2D eigenvalue weighted by molar-refractivity contribution is 5.88. The Hall–Kier alpha value is -3.75. The molecule has 3 aromatic rings. The van der Waals surface area contributed by atoms with Crippen LogP contribution in [0.5, 0.6) is 34.5 Å². The highest BCUT2D eigenvalue weighted by atomic mass is 16.7. The number of methoxy groups -OCH3 is 2. The van der Waals surface area contributed by atoms with Crippen LogP contribution in [-0.4, -0.2) is 140 Å². The van der Waals surface area contributed by atoms with E-state index in [4.69, 9.17) is 32.8 Å². The number of aliphatic hydroxyl groups excluding tert-OH is 7. The van der Waals surface area contributed by atoms with E-state index in [1.165, 1.54) is 38.5 Å². The molecule has 1 aromatic heterocycles. The summed E-state index contributed by atoms with van der Waals surface area (Å²) in [5.41, 5.74) is 0.192. The van der Waals surface area contributed by atoms with E-state index in [0.717, 1.165) is 6.07 Å². The van der Waals surface area contributed by atoms with Gasteiger partial charge in [-0.3, -0.25) is 0 Å². The van der Waals surface area contributed by atoms with Gasteiger partial charge in [-0.05, 0) is 0 Å². The molecule has 0 spiro atoms. The Kier molecular flexibility index (Phi) is 9.89. The molecule has 10 atom stereocenters. The van der Waals surface area contributed by atoms with Gasteiger partial charge in [-0.2, -0.15) is 0 Å². The summed E-state index contributed by atoms with van der Waals surface area (Å²) in [6, 6.07) is 6.29. The lowest BCUT2D eigenvalue weighted by molar-refractivity contribution is -0.323. The van der Waals surface area contributed by atoms with Crippen molar-refractivity contribution < 1.29 is 83.9 Å². The zero-order valence-electron chi connectivity index (χ0n) is 24.4. The van der Waals surface area contributed by atoms with Gasteiger partial charge in [-0.1, -0.05) is 0 Å². The number of benzene rings is 2. The molecule has 2 aliphatic rings. The molecule has 2 fully saturated rings. The predicted molar refractivity (Wildman–Crippen MR) is 151 cm³/mol. The van der Waals surface area contributed by atoms with Crippen molar-refractivity contribution in [2.24, 2.45) is 0 Å². The average Bonchev–Trinajstić information content (AvgIpc) is 3.04. The Morgan fingerprint density at radius 2 is 1.28 bits per heavy atom. The van der Waals surface area contributed by atoms with Crippen molar-refractivity contribution in [3.63, 3.8) is 0 Å². The zero-order valence-corrected chi connectivity index (χ0v) is 24.4. The number of aromatic hydroxyl groups is 3. The first-order chi connectivity index (χ1) is 21.9. The Bertz CT molecular complexity index is 1510. The number of hydrogen-bond acceptors (Lipinski definition) is 16. The summed E-state index contributed by atoms with van der Waals surface area (Å²) in [4.78, 5) is 0. The third-order valence-electron chi connectivity index (χ3n) is 7.74. The largest absolute Gasteiger partial charge is 0.507 e. The van der Waals surface area contributed by atoms with Gasteiger partial charge in [0.25, 0.3) is 0 Å². The lowest BCUT2D eigenvalue weighted by atomic mass is 9.98. The van der Waals surface area contributed by atoms with Crippen molar-refractivity contribution in [2.45, 2.75) is 61.4 Å². The van der Waals surface area contributed by atoms with Crippen LogP contribution in [0.15, 0.2) is 34.7 Å². The fourth-order valence-electron chi connectivity index (χ4n) is 5.17. The minimum Gasteiger partial charge on any atom is -0.507 e. The van der Waals surface area contributed by atoms with E-state index in [0.29, 0.717) is 0 Å². The van der Waals surface area contributed by atoms with Crippen LogP contribution in [0, 0.1) is 0 Å². The summed E-state index contributed by atoms with van der Waals surface area (Å²) in [7, 11) is 2.60. The second-order valence-electron chi connectivity index (χ2n) is 10.7. The molecule has 252 valence electrons. The summed E-state index contributed by atoms with van der Waals surface area (Å²) in [6.07, 6.45) is -16.6. The van der Waals surface area contributed by atoms with Gasteiger partial charge in [-0.15, -0.1) is 0 Å². The molecule has 17 nitrogen and oxygen atoms in total.